The first-order valence-corrected chi connectivity index (χ1v) is 13.5. The molecule has 2 unspecified atom stereocenters. The van der Waals surface area contributed by atoms with Crippen LogP contribution < -0.4 is 10.6 Å². The monoisotopic (exact) mass is 568 g/mol. The Balaban J connectivity index is 1.76. The van der Waals surface area contributed by atoms with Crippen LogP contribution in [0.4, 0.5) is 11.4 Å². The second kappa shape index (κ2) is 12.7. The highest BCUT2D eigenvalue weighted by Crippen LogP contribution is 2.29. The van der Waals surface area contributed by atoms with Gasteiger partial charge in [-0.15, -0.1) is 0 Å². The summed E-state index contributed by atoms with van der Waals surface area (Å²) >= 11 is 12.3. The summed E-state index contributed by atoms with van der Waals surface area (Å²) in [5.41, 5.74) is 2.33. The molecule has 1 amide bonds. The molecule has 0 aliphatic carbocycles. The standard InChI is InChI=1S/C31H34Cl2N2O4/c1-18(2)27(28(36)31(3,4)5)34-22-9-6-8-20(17-22)23(30(38)39)16-19-12-14-21(15-13-19)35-29(37)26-24(32)10-7-11-25(26)33/h6-15,17-18,23,27,34H,16H2,1-5H3,(H,35,37)(H,38,39). The van der Waals surface area contributed by atoms with Gasteiger partial charge in [0.2, 0.25) is 0 Å². The van der Waals surface area contributed by atoms with E-state index in [1.807, 2.05) is 40.7 Å². The minimum Gasteiger partial charge on any atom is -0.481 e. The molecule has 3 aromatic rings. The number of hydrogen-bond donors (Lipinski definition) is 3. The van der Waals surface area contributed by atoms with Crippen molar-refractivity contribution >= 4 is 52.2 Å². The fourth-order valence-electron chi connectivity index (χ4n) is 4.24. The highest BCUT2D eigenvalue weighted by atomic mass is 35.5. The Labute approximate surface area is 239 Å². The topological polar surface area (TPSA) is 95.5 Å². The number of ketones is 1. The summed E-state index contributed by atoms with van der Waals surface area (Å²) in [5, 5.41) is 16.6. The van der Waals surface area contributed by atoms with E-state index < -0.39 is 29.3 Å². The summed E-state index contributed by atoms with van der Waals surface area (Å²) in [4.78, 5) is 37.9. The fraction of sp³-hybridized carbons (Fsp3) is 0.323. The number of benzene rings is 3. The molecule has 8 heteroatoms. The molecule has 0 aromatic heterocycles. The van der Waals surface area contributed by atoms with Crippen LogP contribution >= 0.6 is 23.2 Å². The molecule has 0 aliphatic rings. The van der Waals surface area contributed by atoms with Crippen LogP contribution in [-0.4, -0.2) is 28.8 Å². The largest absolute Gasteiger partial charge is 0.481 e. The van der Waals surface area contributed by atoms with Gasteiger partial charge in [-0.05, 0) is 59.9 Å². The molecule has 39 heavy (non-hydrogen) atoms. The van der Waals surface area contributed by atoms with E-state index in [2.05, 4.69) is 10.6 Å². The van der Waals surface area contributed by atoms with Gasteiger partial charge in [-0.25, -0.2) is 0 Å². The molecule has 0 radical (unpaired) electrons. The van der Waals surface area contributed by atoms with Crippen molar-refractivity contribution in [3.05, 3.63) is 93.5 Å². The SMILES string of the molecule is CC(C)C(Nc1cccc(C(Cc2ccc(NC(=O)c3c(Cl)cccc3Cl)cc2)C(=O)O)c1)C(=O)C(C)(C)C. The van der Waals surface area contributed by atoms with Crippen molar-refractivity contribution in [2.75, 3.05) is 10.6 Å². The molecule has 0 heterocycles. The van der Waals surface area contributed by atoms with Crippen molar-refractivity contribution in [1.82, 2.24) is 0 Å². The first-order valence-electron chi connectivity index (χ1n) is 12.8. The lowest BCUT2D eigenvalue weighted by molar-refractivity contribution is -0.138. The highest BCUT2D eigenvalue weighted by Gasteiger charge is 2.32. The molecule has 6 nitrogen and oxygen atoms in total. The van der Waals surface area contributed by atoms with Crippen LogP contribution in [-0.2, 0) is 16.0 Å². The van der Waals surface area contributed by atoms with Gasteiger partial charge in [0.15, 0.2) is 5.78 Å². The van der Waals surface area contributed by atoms with Gasteiger partial charge in [0.25, 0.3) is 5.91 Å². The minimum atomic E-state index is -0.955. The Bertz CT molecular complexity index is 1330. The van der Waals surface area contributed by atoms with Gasteiger partial charge in [-0.1, -0.05) is 88.2 Å². The summed E-state index contributed by atoms with van der Waals surface area (Å²) < 4.78 is 0. The summed E-state index contributed by atoms with van der Waals surface area (Å²) in [5.74, 6) is -2.03. The molecule has 0 aliphatic heterocycles. The number of nitrogens with one attached hydrogen (secondary N) is 2. The predicted octanol–water partition coefficient (Wildman–Crippen LogP) is 7.71. The first-order chi connectivity index (χ1) is 18.3. The lowest BCUT2D eigenvalue weighted by Gasteiger charge is -2.29. The van der Waals surface area contributed by atoms with E-state index in [0.29, 0.717) is 16.9 Å². The van der Waals surface area contributed by atoms with E-state index >= 15 is 0 Å². The van der Waals surface area contributed by atoms with Crippen molar-refractivity contribution in [3.63, 3.8) is 0 Å². The number of carboxylic acid groups (broad SMARTS) is 1. The van der Waals surface area contributed by atoms with Gasteiger partial charge in [0, 0.05) is 16.8 Å². The van der Waals surface area contributed by atoms with E-state index in [1.54, 1.807) is 60.7 Å². The van der Waals surface area contributed by atoms with Crippen LogP contribution in [0.3, 0.4) is 0 Å². The second-order valence-corrected chi connectivity index (χ2v) is 11.8. The van der Waals surface area contributed by atoms with Crippen molar-refractivity contribution < 1.29 is 19.5 Å². The zero-order valence-electron chi connectivity index (χ0n) is 22.7. The molecule has 206 valence electrons. The van der Waals surface area contributed by atoms with Gasteiger partial charge in [-0.3, -0.25) is 14.4 Å². The number of anilines is 2. The first kappa shape index (κ1) is 30.2. The van der Waals surface area contributed by atoms with Crippen molar-refractivity contribution in [2.24, 2.45) is 11.3 Å². The number of carbonyl (C=O) groups is 3. The quantitative estimate of drug-likeness (QED) is 0.233. The van der Waals surface area contributed by atoms with Crippen molar-refractivity contribution in [3.8, 4) is 0 Å². The number of rotatable bonds is 10. The van der Waals surface area contributed by atoms with Gasteiger partial charge in [-0.2, -0.15) is 0 Å². The third kappa shape index (κ3) is 7.84. The molecule has 3 rings (SSSR count). The highest BCUT2D eigenvalue weighted by molar-refractivity contribution is 6.40. The molecule has 3 aromatic carbocycles. The third-order valence-electron chi connectivity index (χ3n) is 6.44. The molecular formula is C31H34Cl2N2O4. The zero-order chi connectivity index (χ0) is 28.9. The summed E-state index contributed by atoms with van der Waals surface area (Å²) in [6.45, 7) is 9.66. The average Bonchev–Trinajstić information content (AvgIpc) is 2.85. The number of hydrogen-bond acceptors (Lipinski definition) is 4. The maximum Gasteiger partial charge on any atom is 0.311 e. The van der Waals surface area contributed by atoms with Gasteiger partial charge >= 0.3 is 5.97 Å². The minimum absolute atomic E-state index is 0.0589. The van der Waals surface area contributed by atoms with Crippen LogP contribution in [0.15, 0.2) is 66.7 Å². The number of amides is 1. The smallest absolute Gasteiger partial charge is 0.311 e. The Hall–Kier alpha value is -3.35. The number of Topliss-reactive ketones (excluding diaryl/α,β-unsaturated/α-hetero) is 1. The molecule has 0 spiro atoms. The van der Waals surface area contributed by atoms with E-state index in [0.717, 1.165) is 5.56 Å². The molecule has 0 saturated heterocycles. The Morgan fingerprint density at radius 1 is 0.872 bits per heavy atom. The normalized spacial score (nSPS) is 13.0. The maximum absolute atomic E-state index is 13.0. The van der Waals surface area contributed by atoms with E-state index in [4.69, 9.17) is 23.2 Å². The molecule has 0 fully saturated rings. The van der Waals surface area contributed by atoms with Gasteiger partial charge in [0.05, 0.1) is 27.6 Å². The fourth-order valence-corrected chi connectivity index (χ4v) is 4.81. The number of aliphatic carboxylic acids is 1. The van der Waals surface area contributed by atoms with Crippen molar-refractivity contribution in [2.45, 2.75) is 53.0 Å². The van der Waals surface area contributed by atoms with Crippen LogP contribution in [0, 0.1) is 11.3 Å². The molecule has 0 bridgehead atoms. The maximum atomic E-state index is 13.0. The van der Waals surface area contributed by atoms with Crippen LogP contribution in [0.5, 0.6) is 0 Å². The molecule has 2 atom stereocenters. The van der Waals surface area contributed by atoms with Crippen molar-refractivity contribution in [1.29, 1.82) is 0 Å². The van der Waals surface area contributed by atoms with Gasteiger partial charge in [0.1, 0.15) is 0 Å². The number of halogens is 2. The summed E-state index contributed by atoms with van der Waals surface area (Å²) in [6, 6.07) is 18.6. The van der Waals surface area contributed by atoms with E-state index in [1.165, 1.54) is 0 Å². The number of carboxylic acids is 1. The van der Waals surface area contributed by atoms with E-state index in [-0.39, 0.29) is 33.7 Å². The molecular weight excluding hydrogens is 535 g/mol. The van der Waals surface area contributed by atoms with Crippen LogP contribution in [0.2, 0.25) is 10.0 Å². The summed E-state index contributed by atoms with van der Waals surface area (Å²) in [6.07, 6.45) is 0.248. The third-order valence-corrected chi connectivity index (χ3v) is 7.07. The van der Waals surface area contributed by atoms with Crippen LogP contribution in [0.1, 0.15) is 62.0 Å². The zero-order valence-corrected chi connectivity index (χ0v) is 24.2. The van der Waals surface area contributed by atoms with E-state index in [9.17, 15) is 19.5 Å². The summed E-state index contributed by atoms with van der Waals surface area (Å²) in [7, 11) is 0. The van der Waals surface area contributed by atoms with Gasteiger partial charge < -0.3 is 15.7 Å². The Kier molecular flexibility index (Phi) is 9.81. The molecule has 0 saturated carbocycles. The Morgan fingerprint density at radius 2 is 1.46 bits per heavy atom. The number of carbonyl (C=O) groups excluding carboxylic acids is 2. The second-order valence-electron chi connectivity index (χ2n) is 10.9. The lowest BCUT2D eigenvalue weighted by atomic mass is 9.82. The lowest BCUT2D eigenvalue weighted by Crippen LogP contribution is -2.41. The Morgan fingerprint density at radius 3 is 2.00 bits per heavy atom. The predicted molar refractivity (Wildman–Crippen MR) is 158 cm³/mol. The average molecular weight is 570 g/mol. The molecule has 3 N–H and O–H groups in total. The van der Waals surface area contributed by atoms with Crippen LogP contribution in [0.25, 0.3) is 0 Å².